The van der Waals surface area contributed by atoms with Crippen LogP contribution >= 0.6 is 0 Å². The Morgan fingerprint density at radius 2 is 0.882 bits per heavy atom. The molecule has 34 heavy (non-hydrogen) atoms. The van der Waals surface area contributed by atoms with E-state index in [-0.39, 0.29) is 5.57 Å². The van der Waals surface area contributed by atoms with Crippen LogP contribution in [0.25, 0.3) is 39.0 Å². The summed E-state index contributed by atoms with van der Waals surface area (Å²) in [7, 11) is 0. The monoisotopic (exact) mass is 430 g/mol. The highest BCUT2D eigenvalue weighted by Gasteiger charge is 2.30. The summed E-state index contributed by atoms with van der Waals surface area (Å²) in [6.45, 7) is 0. The van der Waals surface area contributed by atoms with Crippen molar-refractivity contribution >= 4 is 5.57 Å². The molecule has 154 valence electrons. The molecular formula is C30H14N4. The van der Waals surface area contributed by atoms with Crippen molar-refractivity contribution in [2.24, 2.45) is 0 Å². The maximum absolute atomic E-state index is 9.90. The van der Waals surface area contributed by atoms with E-state index in [2.05, 4.69) is 12.1 Å². The molecule has 4 aromatic carbocycles. The number of allylic oxidation sites excluding steroid dienone is 1. The Morgan fingerprint density at radius 3 is 1.24 bits per heavy atom. The molecule has 0 saturated heterocycles. The molecule has 1 aliphatic rings. The molecule has 0 atom stereocenters. The maximum atomic E-state index is 9.90. The summed E-state index contributed by atoms with van der Waals surface area (Å²) in [5.41, 5.74) is 7.58. The van der Waals surface area contributed by atoms with E-state index < -0.39 is 0 Å². The molecule has 4 aromatic rings. The van der Waals surface area contributed by atoms with Crippen molar-refractivity contribution in [3.05, 3.63) is 113 Å². The van der Waals surface area contributed by atoms with Crippen molar-refractivity contribution in [3.8, 4) is 57.7 Å². The third kappa shape index (κ3) is 3.13. The van der Waals surface area contributed by atoms with Gasteiger partial charge in [0.25, 0.3) is 0 Å². The molecule has 0 fully saturated rings. The predicted octanol–water partition coefficient (Wildman–Crippen LogP) is 6.59. The zero-order chi connectivity index (χ0) is 23.7. The lowest BCUT2D eigenvalue weighted by atomic mass is 9.92. The molecule has 4 nitrogen and oxygen atoms in total. The van der Waals surface area contributed by atoms with E-state index in [1.165, 1.54) is 0 Å². The molecule has 0 bridgehead atoms. The van der Waals surface area contributed by atoms with E-state index in [0.29, 0.717) is 27.8 Å². The Morgan fingerprint density at radius 1 is 0.471 bits per heavy atom. The van der Waals surface area contributed by atoms with Gasteiger partial charge in [0.1, 0.15) is 17.7 Å². The second-order valence-electron chi connectivity index (χ2n) is 7.82. The Kier molecular flexibility index (Phi) is 4.97. The fraction of sp³-hybridized carbons (Fsp3) is 0. The number of hydrogen-bond donors (Lipinski definition) is 0. The minimum Gasteiger partial charge on any atom is -0.192 e. The third-order valence-corrected chi connectivity index (χ3v) is 6.03. The van der Waals surface area contributed by atoms with Gasteiger partial charge in [0, 0.05) is 16.7 Å². The van der Waals surface area contributed by atoms with E-state index in [0.717, 1.165) is 33.4 Å². The lowest BCUT2D eigenvalue weighted by molar-refractivity contribution is 1.45. The van der Waals surface area contributed by atoms with Crippen molar-refractivity contribution in [2.45, 2.75) is 0 Å². The molecule has 5 rings (SSSR count). The average Bonchev–Trinajstić information content (AvgIpc) is 3.21. The fourth-order valence-corrected chi connectivity index (χ4v) is 4.51. The van der Waals surface area contributed by atoms with E-state index >= 15 is 0 Å². The highest BCUT2D eigenvalue weighted by Crippen LogP contribution is 2.49. The summed E-state index contributed by atoms with van der Waals surface area (Å²) < 4.78 is 0. The quantitative estimate of drug-likeness (QED) is 0.295. The zero-order valence-electron chi connectivity index (χ0n) is 17.9. The van der Waals surface area contributed by atoms with E-state index in [1.807, 2.05) is 84.9 Å². The third-order valence-electron chi connectivity index (χ3n) is 6.03. The van der Waals surface area contributed by atoms with E-state index in [9.17, 15) is 21.0 Å². The number of nitriles is 4. The normalized spacial score (nSPS) is 10.8. The SMILES string of the molecule is N#CC(C#N)=C1c2cc(-c3ccccc3)c(C#N)cc2-c2cc(C#N)c(-c3ccccc3)cc21. The number of hydrogen-bond acceptors (Lipinski definition) is 4. The first kappa shape index (κ1) is 20.5. The smallest absolute Gasteiger partial charge is 0.138 e. The van der Waals surface area contributed by atoms with Crippen molar-refractivity contribution in [2.75, 3.05) is 0 Å². The number of fused-ring (bicyclic) bond motifs is 3. The van der Waals surface area contributed by atoms with Gasteiger partial charge in [0.05, 0.1) is 23.3 Å². The summed E-state index contributed by atoms with van der Waals surface area (Å²) in [4.78, 5) is 0. The molecule has 0 amide bonds. The average molecular weight is 430 g/mol. The molecular weight excluding hydrogens is 416 g/mol. The van der Waals surface area contributed by atoms with Crippen LogP contribution < -0.4 is 0 Å². The molecule has 0 saturated carbocycles. The van der Waals surface area contributed by atoms with Crippen molar-refractivity contribution < 1.29 is 0 Å². The highest BCUT2D eigenvalue weighted by atomic mass is 14.4. The van der Waals surface area contributed by atoms with Crippen LogP contribution in [0.4, 0.5) is 0 Å². The van der Waals surface area contributed by atoms with Crippen LogP contribution in [0.1, 0.15) is 22.3 Å². The summed E-state index contributed by atoms with van der Waals surface area (Å²) >= 11 is 0. The van der Waals surface area contributed by atoms with Crippen LogP contribution in [0.5, 0.6) is 0 Å². The van der Waals surface area contributed by atoms with Gasteiger partial charge in [-0.15, -0.1) is 0 Å². The molecule has 0 aromatic heterocycles. The molecule has 0 heterocycles. The van der Waals surface area contributed by atoms with Gasteiger partial charge in [-0.1, -0.05) is 60.7 Å². The predicted molar refractivity (Wildman–Crippen MR) is 129 cm³/mol. The Hall–Kier alpha value is -5.42. The van der Waals surface area contributed by atoms with Gasteiger partial charge in [-0.3, -0.25) is 0 Å². The second-order valence-corrected chi connectivity index (χ2v) is 7.82. The lowest BCUT2D eigenvalue weighted by Crippen LogP contribution is -1.92. The number of nitrogens with zero attached hydrogens (tertiary/aromatic N) is 4. The molecule has 0 aliphatic heterocycles. The first-order chi connectivity index (χ1) is 16.7. The van der Waals surface area contributed by atoms with Crippen LogP contribution in [0.3, 0.4) is 0 Å². The summed E-state index contributed by atoms with van der Waals surface area (Å²) in [6.07, 6.45) is 0. The largest absolute Gasteiger partial charge is 0.192 e. The van der Waals surface area contributed by atoms with E-state index in [1.54, 1.807) is 12.1 Å². The maximum Gasteiger partial charge on any atom is 0.138 e. The summed E-state index contributed by atoms with van der Waals surface area (Å²) in [5, 5.41) is 39.4. The van der Waals surface area contributed by atoms with Gasteiger partial charge >= 0.3 is 0 Å². The molecule has 0 radical (unpaired) electrons. The minimum absolute atomic E-state index is 0.00700. The summed E-state index contributed by atoms with van der Waals surface area (Å²) in [6, 6.07) is 35.1. The van der Waals surface area contributed by atoms with Gasteiger partial charge in [-0.2, -0.15) is 21.0 Å². The van der Waals surface area contributed by atoms with Crippen LogP contribution in [-0.2, 0) is 0 Å². The first-order valence-corrected chi connectivity index (χ1v) is 10.5. The van der Waals surface area contributed by atoms with Crippen molar-refractivity contribution in [1.29, 1.82) is 21.0 Å². The molecule has 4 heteroatoms. The number of benzene rings is 4. The second kappa shape index (κ2) is 8.26. The van der Waals surface area contributed by atoms with Crippen molar-refractivity contribution in [3.63, 3.8) is 0 Å². The van der Waals surface area contributed by atoms with Gasteiger partial charge in [0.2, 0.25) is 0 Å². The van der Waals surface area contributed by atoms with Crippen LogP contribution in [0.2, 0.25) is 0 Å². The van der Waals surface area contributed by atoms with Crippen molar-refractivity contribution in [1.82, 2.24) is 0 Å². The lowest BCUT2D eigenvalue weighted by Gasteiger charge is -2.09. The Balaban J connectivity index is 1.87. The zero-order valence-corrected chi connectivity index (χ0v) is 17.9. The van der Waals surface area contributed by atoms with Gasteiger partial charge in [0.15, 0.2) is 0 Å². The van der Waals surface area contributed by atoms with Crippen LogP contribution in [0, 0.1) is 45.3 Å². The van der Waals surface area contributed by atoms with Gasteiger partial charge in [-0.25, -0.2) is 0 Å². The first-order valence-electron chi connectivity index (χ1n) is 10.5. The Bertz CT molecular complexity index is 1540. The van der Waals surface area contributed by atoms with Gasteiger partial charge in [-0.05, 0) is 57.6 Å². The van der Waals surface area contributed by atoms with Crippen LogP contribution in [0.15, 0.2) is 90.5 Å². The van der Waals surface area contributed by atoms with Gasteiger partial charge < -0.3 is 0 Å². The number of rotatable bonds is 2. The molecule has 0 spiro atoms. The standard InChI is InChI=1S/C30H14N4/c31-15-21-11-26-27-12-22(16-32)25(20-9-5-2-6-10-20)14-29(27)30(23(17-33)18-34)28(26)13-24(21)19-7-3-1-4-8-19/h1-14H. The molecule has 0 unspecified atom stereocenters. The molecule has 1 aliphatic carbocycles. The Labute approximate surface area is 197 Å². The van der Waals surface area contributed by atoms with E-state index in [4.69, 9.17) is 0 Å². The fourth-order valence-electron chi connectivity index (χ4n) is 4.51. The minimum atomic E-state index is -0.00700. The molecule has 0 N–H and O–H groups in total. The highest BCUT2D eigenvalue weighted by molar-refractivity contribution is 6.07. The van der Waals surface area contributed by atoms with Crippen LogP contribution in [-0.4, -0.2) is 0 Å². The topological polar surface area (TPSA) is 95.2 Å². The summed E-state index contributed by atoms with van der Waals surface area (Å²) in [5.74, 6) is 0.